The normalized spacial score (nSPS) is 9.38. The molecule has 0 aliphatic rings. The van der Waals surface area contributed by atoms with Crippen LogP contribution in [0.15, 0.2) is 42.5 Å². The van der Waals surface area contributed by atoms with Gasteiger partial charge in [-0.1, -0.05) is 25.4 Å². The number of hydrogen-bond acceptors (Lipinski definition) is 5. The van der Waals surface area contributed by atoms with Crippen molar-refractivity contribution < 1.29 is 19.1 Å². The van der Waals surface area contributed by atoms with Gasteiger partial charge < -0.3 is 19.4 Å². The third-order valence-electron chi connectivity index (χ3n) is 5.00. The van der Waals surface area contributed by atoms with Crippen LogP contribution in [-0.4, -0.2) is 31.2 Å². The molecule has 0 bridgehead atoms. The first-order valence-electron chi connectivity index (χ1n) is 10.6. The Labute approximate surface area is 205 Å². The summed E-state index contributed by atoms with van der Waals surface area (Å²) in [5.41, 5.74) is 5.18. The fraction of sp³-hybridized carbons (Fsp3) is 0.269. The lowest BCUT2D eigenvalue weighted by Gasteiger charge is -2.13. The molecule has 0 unspecified atom stereocenters. The number of benzene rings is 2. The number of aryl methyl sites for hydroxylation is 1. The van der Waals surface area contributed by atoms with E-state index < -0.39 is 5.97 Å². The minimum atomic E-state index is -0.481. The van der Waals surface area contributed by atoms with Crippen LogP contribution in [-0.2, 0) is 16.6 Å². The number of rotatable bonds is 5. The van der Waals surface area contributed by atoms with Gasteiger partial charge in [0.2, 0.25) is 6.41 Å². The molecule has 0 aliphatic heterocycles. The van der Waals surface area contributed by atoms with Crippen LogP contribution in [0.5, 0.6) is 5.75 Å². The van der Waals surface area contributed by atoms with E-state index in [4.69, 9.17) is 21.1 Å². The number of amides is 1. The molecule has 2 aromatic carbocycles. The number of aromatic nitrogens is 1. The van der Waals surface area contributed by atoms with Gasteiger partial charge in [-0.05, 0) is 61.9 Å². The lowest BCUT2D eigenvalue weighted by atomic mass is 10.00. The summed E-state index contributed by atoms with van der Waals surface area (Å²) >= 11 is 5.60. The summed E-state index contributed by atoms with van der Waals surface area (Å²) in [6.45, 7) is 8.02. The topological polar surface area (TPSA) is 93.3 Å². The second kappa shape index (κ2) is 13.7. The molecule has 34 heavy (non-hydrogen) atoms. The van der Waals surface area contributed by atoms with Crippen LogP contribution in [0.4, 0.5) is 5.69 Å². The molecule has 3 rings (SSSR count). The fourth-order valence-corrected chi connectivity index (χ4v) is 3.18. The Morgan fingerprint density at radius 2 is 1.74 bits per heavy atom. The van der Waals surface area contributed by atoms with E-state index in [1.54, 1.807) is 30.3 Å². The van der Waals surface area contributed by atoms with Crippen molar-refractivity contribution in [2.75, 3.05) is 19.5 Å². The van der Waals surface area contributed by atoms with Crippen LogP contribution in [0.1, 0.15) is 41.0 Å². The average molecular weight is 484 g/mol. The maximum absolute atomic E-state index is 12.1. The molecule has 8 heteroatoms. The van der Waals surface area contributed by atoms with Crippen LogP contribution in [0.3, 0.4) is 0 Å². The third-order valence-corrected chi connectivity index (χ3v) is 5.25. The van der Waals surface area contributed by atoms with Gasteiger partial charge in [0.1, 0.15) is 11.8 Å². The van der Waals surface area contributed by atoms with E-state index in [2.05, 4.69) is 5.32 Å². The number of methoxy groups -OCH3 is 2. The minimum Gasteiger partial charge on any atom is -0.495 e. The van der Waals surface area contributed by atoms with Crippen LogP contribution >= 0.6 is 11.6 Å². The van der Waals surface area contributed by atoms with Gasteiger partial charge >= 0.3 is 5.97 Å². The van der Waals surface area contributed by atoms with Crippen molar-refractivity contribution >= 4 is 29.7 Å². The molecule has 0 saturated carbocycles. The monoisotopic (exact) mass is 483 g/mol. The lowest BCUT2D eigenvalue weighted by Crippen LogP contribution is -2.07. The van der Waals surface area contributed by atoms with Gasteiger partial charge in [0.05, 0.1) is 25.3 Å². The summed E-state index contributed by atoms with van der Waals surface area (Å²) < 4.78 is 12.1. The number of carbonyl (C=O) groups is 2. The van der Waals surface area contributed by atoms with Gasteiger partial charge in [0, 0.05) is 34.7 Å². The van der Waals surface area contributed by atoms with E-state index in [-0.39, 0.29) is 0 Å². The highest BCUT2D eigenvalue weighted by molar-refractivity contribution is 6.30. The highest BCUT2D eigenvalue weighted by atomic mass is 35.5. The van der Waals surface area contributed by atoms with Gasteiger partial charge in [0.25, 0.3) is 0 Å². The smallest absolute Gasteiger partial charge is 0.338 e. The SMILES string of the molecule is CC.COC(=O)c1cc(C#N)c(OC)cc1-c1cc(C)c(C)n1C.O=CNc1ccc(Cl)cc1. The number of carbonyl (C=O) groups excluding carboxylic acids is 2. The van der Waals surface area contributed by atoms with E-state index in [1.807, 2.05) is 51.4 Å². The molecular formula is C26H30ClN3O4. The van der Waals surface area contributed by atoms with E-state index in [0.717, 1.165) is 22.6 Å². The number of nitrogens with zero attached hydrogens (tertiary/aromatic N) is 2. The predicted molar refractivity (Wildman–Crippen MR) is 135 cm³/mol. The van der Waals surface area contributed by atoms with Crippen LogP contribution in [0.2, 0.25) is 5.02 Å². The Morgan fingerprint density at radius 1 is 1.12 bits per heavy atom. The van der Waals surface area contributed by atoms with Crippen molar-refractivity contribution in [1.29, 1.82) is 5.26 Å². The molecule has 0 radical (unpaired) electrons. The van der Waals surface area contributed by atoms with Crippen molar-refractivity contribution in [3.05, 3.63) is 69.9 Å². The van der Waals surface area contributed by atoms with Crippen LogP contribution < -0.4 is 10.1 Å². The zero-order valence-electron chi connectivity index (χ0n) is 20.5. The molecule has 1 aromatic heterocycles. The van der Waals surface area contributed by atoms with E-state index in [1.165, 1.54) is 20.3 Å². The predicted octanol–water partition coefficient (Wildman–Crippen LogP) is 5.91. The van der Waals surface area contributed by atoms with Gasteiger partial charge in [-0.25, -0.2) is 4.79 Å². The van der Waals surface area contributed by atoms with Crippen molar-refractivity contribution in [3.8, 4) is 23.1 Å². The Morgan fingerprint density at radius 3 is 2.18 bits per heavy atom. The highest BCUT2D eigenvalue weighted by Crippen LogP contribution is 2.33. The molecule has 0 fully saturated rings. The Bertz CT molecular complexity index is 1160. The summed E-state index contributed by atoms with van der Waals surface area (Å²) in [6.07, 6.45) is 0.628. The molecule has 180 valence electrons. The molecular weight excluding hydrogens is 454 g/mol. The van der Waals surface area contributed by atoms with Crippen LogP contribution in [0.25, 0.3) is 11.3 Å². The first kappa shape index (κ1) is 28.3. The van der Waals surface area contributed by atoms with E-state index in [0.29, 0.717) is 33.9 Å². The molecule has 0 aliphatic carbocycles. The van der Waals surface area contributed by atoms with Gasteiger partial charge in [-0.2, -0.15) is 5.26 Å². The number of nitrogens with one attached hydrogen (secondary N) is 1. The molecule has 1 heterocycles. The Hall–Kier alpha value is -3.76. The number of halogens is 1. The van der Waals surface area contributed by atoms with Crippen molar-refractivity contribution in [2.24, 2.45) is 7.05 Å². The largest absolute Gasteiger partial charge is 0.495 e. The molecule has 0 spiro atoms. The Balaban J connectivity index is 0.000000402. The van der Waals surface area contributed by atoms with Crippen molar-refractivity contribution in [2.45, 2.75) is 27.7 Å². The second-order valence-electron chi connectivity index (χ2n) is 6.83. The van der Waals surface area contributed by atoms with Gasteiger partial charge in [-0.15, -0.1) is 0 Å². The number of ether oxygens (including phenoxy) is 2. The quantitative estimate of drug-likeness (QED) is 0.359. The number of hydrogen-bond donors (Lipinski definition) is 1. The Kier molecular flexibility index (Phi) is 11.4. The van der Waals surface area contributed by atoms with Crippen LogP contribution in [0, 0.1) is 25.2 Å². The third kappa shape index (κ3) is 6.87. The zero-order chi connectivity index (χ0) is 25.8. The molecule has 7 nitrogen and oxygen atoms in total. The zero-order valence-corrected chi connectivity index (χ0v) is 21.3. The summed E-state index contributed by atoms with van der Waals surface area (Å²) in [5.74, 6) is -0.0488. The summed E-state index contributed by atoms with van der Waals surface area (Å²) in [4.78, 5) is 22.0. The number of esters is 1. The second-order valence-corrected chi connectivity index (χ2v) is 7.26. The van der Waals surface area contributed by atoms with Crippen molar-refractivity contribution in [3.63, 3.8) is 0 Å². The average Bonchev–Trinajstić information content (AvgIpc) is 3.12. The summed E-state index contributed by atoms with van der Waals surface area (Å²) in [7, 11) is 4.76. The molecule has 1 amide bonds. The maximum Gasteiger partial charge on any atom is 0.338 e. The number of anilines is 1. The lowest BCUT2D eigenvalue weighted by molar-refractivity contribution is -0.105. The summed E-state index contributed by atoms with van der Waals surface area (Å²) in [5, 5.41) is 12.4. The fourth-order valence-electron chi connectivity index (χ4n) is 3.05. The first-order chi connectivity index (χ1) is 16.3. The van der Waals surface area contributed by atoms with Crippen molar-refractivity contribution in [1.82, 2.24) is 4.57 Å². The summed E-state index contributed by atoms with van der Waals surface area (Å²) in [6, 6.07) is 14.2. The molecule has 0 saturated heterocycles. The molecule has 1 N–H and O–H groups in total. The standard InChI is InChI=1S/C17H18N2O3.C7H6ClNO.C2H6/c1-10-6-15(19(3)11(10)2)13-8-16(21-4)12(9-18)7-14(13)17(20)22-5;8-6-1-3-7(4-2-6)9-5-10;1-2/h6-8H,1-5H3;1-5H,(H,9,10);1-2H3. The van der Waals surface area contributed by atoms with Gasteiger partial charge in [-0.3, -0.25) is 4.79 Å². The molecule has 0 atom stereocenters. The minimum absolute atomic E-state index is 0.300. The first-order valence-corrected chi connectivity index (χ1v) is 10.9. The molecule has 3 aromatic rings. The van der Waals surface area contributed by atoms with Gasteiger partial charge in [0.15, 0.2) is 0 Å². The highest BCUT2D eigenvalue weighted by Gasteiger charge is 2.20. The van der Waals surface area contributed by atoms with E-state index in [9.17, 15) is 14.9 Å². The maximum atomic E-state index is 12.1. The number of nitriles is 1. The van der Waals surface area contributed by atoms with E-state index >= 15 is 0 Å².